The summed E-state index contributed by atoms with van der Waals surface area (Å²) in [5, 5.41) is 3.59. The van der Waals surface area contributed by atoms with Crippen molar-refractivity contribution >= 4 is 11.7 Å². The van der Waals surface area contributed by atoms with Gasteiger partial charge < -0.3 is 14.0 Å². The van der Waals surface area contributed by atoms with E-state index in [1.54, 1.807) is 37.3 Å². The van der Waals surface area contributed by atoms with Crippen molar-refractivity contribution in [3.63, 3.8) is 0 Å². The number of para-hydroxylation sites is 2. The molecule has 136 valence electrons. The molecule has 0 aliphatic heterocycles. The third kappa shape index (κ3) is 4.29. The normalized spacial score (nSPS) is 11.3. The van der Waals surface area contributed by atoms with Crippen LogP contribution < -0.4 is 4.74 Å². The molecule has 0 bridgehead atoms. The first-order chi connectivity index (χ1) is 13.2. The van der Waals surface area contributed by atoms with Gasteiger partial charge in [0.2, 0.25) is 6.10 Å². The number of azide groups is 1. The van der Waals surface area contributed by atoms with Crippen LogP contribution in [0.1, 0.15) is 18.6 Å². The lowest BCUT2D eigenvalue weighted by Crippen LogP contribution is -2.22. The highest BCUT2D eigenvalue weighted by Gasteiger charge is 2.25. The maximum atomic E-state index is 12.6. The van der Waals surface area contributed by atoms with E-state index in [4.69, 9.17) is 15.0 Å². The molecule has 0 fully saturated rings. The van der Waals surface area contributed by atoms with Crippen LogP contribution in [0.5, 0.6) is 5.75 Å². The highest BCUT2D eigenvalue weighted by molar-refractivity contribution is 5.77. The molecule has 0 N–H and O–H groups in total. The van der Waals surface area contributed by atoms with E-state index in [2.05, 4.69) is 10.0 Å². The maximum absolute atomic E-state index is 12.6. The van der Waals surface area contributed by atoms with E-state index < -0.39 is 12.1 Å². The van der Waals surface area contributed by atoms with Gasteiger partial charge in [-0.1, -0.05) is 35.4 Å². The van der Waals surface area contributed by atoms with E-state index in [-0.39, 0.29) is 6.61 Å². The lowest BCUT2D eigenvalue weighted by atomic mass is 10.1. The lowest BCUT2D eigenvalue weighted by Gasteiger charge is -2.20. The highest BCUT2D eigenvalue weighted by atomic mass is 16.6. The van der Waals surface area contributed by atoms with Crippen LogP contribution in [0, 0.1) is 0 Å². The van der Waals surface area contributed by atoms with Crippen molar-refractivity contribution < 1.29 is 14.3 Å². The second-order valence-electron chi connectivity index (χ2n) is 5.59. The predicted octanol–water partition coefficient (Wildman–Crippen LogP) is 5.10. The van der Waals surface area contributed by atoms with Gasteiger partial charge in [-0.2, -0.15) is 0 Å². The first kappa shape index (κ1) is 18.1. The Morgan fingerprint density at radius 1 is 1.15 bits per heavy atom. The molecular weight excluding hydrogens is 344 g/mol. The van der Waals surface area contributed by atoms with E-state index in [0.29, 0.717) is 17.0 Å². The van der Waals surface area contributed by atoms with Gasteiger partial charge in [-0.3, -0.25) is 0 Å². The molecule has 0 saturated heterocycles. The molecule has 1 unspecified atom stereocenters. The molecule has 1 atom stereocenters. The number of ether oxygens (including phenoxy) is 2. The third-order valence-corrected chi connectivity index (χ3v) is 3.83. The number of nitrogens with zero attached hydrogens (tertiary/aromatic N) is 4. The standard InChI is InChI=1S/C20H18N4O3/c1-2-26-20(25)19(15-8-7-9-16(14-15)22-23-21)27-18-11-4-3-10-17(18)24-12-5-6-13-24/h3-14,19H,2H2,1H3. The van der Waals surface area contributed by atoms with Crippen molar-refractivity contribution in [3.05, 3.63) is 89.1 Å². The van der Waals surface area contributed by atoms with Crippen LogP contribution in [0.4, 0.5) is 5.69 Å². The zero-order valence-corrected chi connectivity index (χ0v) is 14.7. The van der Waals surface area contributed by atoms with Crippen molar-refractivity contribution in [2.24, 2.45) is 5.11 Å². The molecule has 3 aromatic rings. The van der Waals surface area contributed by atoms with Gasteiger partial charge in [-0.25, -0.2) is 4.79 Å². The first-order valence-electron chi connectivity index (χ1n) is 8.43. The second-order valence-corrected chi connectivity index (χ2v) is 5.59. The molecule has 1 aromatic heterocycles. The number of esters is 1. The number of carbonyl (C=O) groups excluding carboxylic acids is 1. The monoisotopic (exact) mass is 362 g/mol. The first-order valence-corrected chi connectivity index (χ1v) is 8.43. The minimum Gasteiger partial charge on any atom is -0.472 e. The average molecular weight is 362 g/mol. The Kier molecular flexibility index (Phi) is 5.77. The van der Waals surface area contributed by atoms with Gasteiger partial charge in [0.15, 0.2) is 0 Å². The van der Waals surface area contributed by atoms with Gasteiger partial charge in [0, 0.05) is 28.6 Å². The Morgan fingerprint density at radius 3 is 2.67 bits per heavy atom. The average Bonchev–Trinajstić information content (AvgIpc) is 3.21. The van der Waals surface area contributed by atoms with E-state index >= 15 is 0 Å². The van der Waals surface area contributed by atoms with Crippen LogP contribution in [0.25, 0.3) is 16.1 Å². The minimum atomic E-state index is -0.990. The summed E-state index contributed by atoms with van der Waals surface area (Å²) in [6.45, 7) is 1.97. The molecule has 7 nitrogen and oxygen atoms in total. The Hall–Kier alpha value is -3.70. The van der Waals surface area contributed by atoms with Gasteiger partial charge in [-0.05, 0) is 42.8 Å². The Bertz CT molecular complexity index is 963. The second kappa shape index (κ2) is 8.60. The molecule has 3 rings (SSSR count). The van der Waals surface area contributed by atoms with Crippen molar-refractivity contribution in [2.75, 3.05) is 6.61 Å². The van der Waals surface area contributed by atoms with E-state index in [9.17, 15) is 4.79 Å². The minimum absolute atomic E-state index is 0.230. The van der Waals surface area contributed by atoms with Gasteiger partial charge in [-0.15, -0.1) is 0 Å². The fraction of sp³-hybridized carbons (Fsp3) is 0.150. The zero-order chi connectivity index (χ0) is 19.1. The number of carbonyl (C=O) groups is 1. The van der Waals surface area contributed by atoms with Crippen molar-refractivity contribution in [1.29, 1.82) is 0 Å². The van der Waals surface area contributed by atoms with E-state index in [1.807, 2.05) is 47.3 Å². The van der Waals surface area contributed by atoms with E-state index in [0.717, 1.165) is 5.69 Å². The van der Waals surface area contributed by atoms with E-state index in [1.165, 1.54) is 0 Å². The molecule has 0 aliphatic carbocycles. The van der Waals surface area contributed by atoms with Crippen LogP contribution in [0.3, 0.4) is 0 Å². The fourth-order valence-corrected chi connectivity index (χ4v) is 2.66. The molecule has 2 aromatic carbocycles. The fourth-order valence-electron chi connectivity index (χ4n) is 2.66. The summed E-state index contributed by atoms with van der Waals surface area (Å²) in [6.07, 6.45) is 2.80. The van der Waals surface area contributed by atoms with Gasteiger partial charge >= 0.3 is 5.97 Å². The Morgan fingerprint density at radius 2 is 1.93 bits per heavy atom. The number of benzene rings is 2. The molecule has 7 heteroatoms. The quantitative estimate of drug-likeness (QED) is 0.253. The largest absolute Gasteiger partial charge is 0.472 e. The zero-order valence-electron chi connectivity index (χ0n) is 14.7. The molecular formula is C20H18N4O3. The van der Waals surface area contributed by atoms with Crippen LogP contribution in [-0.4, -0.2) is 17.1 Å². The molecule has 0 radical (unpaired) electrons. The summed E-state index contributed by atoms with van der Waals surface area (Å²) >= 11 is 0. The Labute approximate surface area is 156 Å². The molecule has 0 saturated carbocycles. The van der Waals surface area contributed by atoms with Crippen molar-refractivity contribution in [1.82, 2.24) is 4.57 Å². The number of rotatable bonds is 7. The number of hydrogen-bond donors (Lipinski definition) is 0. The van der Waals surface area contributed by atoms with Gasteiger partial charge in [0.1, 0.15) is 5.75 Å². The number of aromatic nitrogens is 1. The van der Waals surface area contributed by atoms with Crippen LogP contribution in [-0.2, 0) is 9.53 Å². The molecule has 0 aliphatic rings. The van der Waals surface area contributed by atoms with Crippen molar-refractivity contribution in [3.8, 4) is 11.4 Å². The van der Waals surface area contributed by atoms with Crippen molar-refractivity contribution in [2.45, 2.75) is 13.0 Å². The summed E-state index contributed by atoms with van der Waals surface area (Å²) in [6, 6.07) is 17.9. The van der Waals surface area contributed by atoms with Crippen LogP contribution in [0.2, 0.25) is 0 Å². The predicted molar refractivity (Wildman–Crippen MR) is 101 cm³/mol. The highest BCUT2D eigenvalue weighted by Crippen LogP contribution is 2.30. The molecule has 1 heterocycles. The smallest absolute Gasteiger partial charge is 0.352 e. The molecule has 0 amide bonds. The summed E-state index contributed by atoms with van der Waals surface area (Å²) in [7, 11) is 0. The van der Waals surface area contributed by atoms with Gasteiger partial charge in [0.25, 0.3) is 0 Å². The SMILES string of the molecule is CCOC(=O)C(Oc1ccccc1-n1cccc1)c1cccc(N=[N+]=[N-])c1. The number of hydrogen-bond acceptors (Lipinski definition) is 4. The summed E-state index contributed by atoms with van der Waals surface area (Å²) in [5.41, 5.74) is 10.4. The van der Waals surface area contributed by atoms with Gasteiger partial charge in [0.05, 0.1) is 12.3 Å². The van der Waals surface area contributed by atoms with Crippen LogP contribution >= 0.6 is 0 Å². The third-order valence-electron chi connectivity index (χ3n) is 3.83. The maximum Gasteiger partial charge on any atom is 0.352 e. The summed E-state index contributed by atoms with van der Waals surface area (Å²) in [5.74, 6) is 0.0128. The molecule has 0 spiro atoms. The summed E-state index contributed by atoms with van der Waals surface area (Å²) < 4.78 is 13.2. The van der Waals surface area contributed by atoms with Crippen LogP contribution in [0.15, 0.2) is 78.2 Å². The molecule has 27 heavy (non-hydrogen) atoms. The summed E-state index contributed by atoms with van der Waals surface area (Å²) in [4.78, 5) is 15.3. The Balaban J connectivity index is 2.00. The lowest BCUT2D eigenvalue weighted by molar-refractivity contribution is -0.151. The topological polar surface area (TPSA) is 89.2 Å².